The summed E-state index contributed by atoms with van der Waals surface area (Å²) in [5, 5.41) is 21.6. The van der Waals surface area contributed by atoms with Crippen LogP contribution in [0.3, 0.4) is 0 Å². The van der Waals surface area contributed by atoms with Crippen molar-refractivity contribution < 1.29 is 18.7 Å². The quantitative estimate of drug-likeness (QED) is 0.364. The van der Waals surface area contributed by atoms with Crippen molar-refractivity contribution in [1.29, 1.82) is 5.26 Å². The topological polar surface area (TPSA) is 79.6 Å². The number of β-amino-alcohol motifs (C(OH)–C–C–N with tert-alkyl or cyclic N) is 1. The van der Waals surface area contributed by atoms with Crippen LogP contribution in [0.2, 0.25) is 5.02 Å². The van der Waals surface area contributed by atoms with Crippen molar-refractivity contribution in [2.24, 2.45) is 0 Å². The molecular weight excluding hydrogens is 517 g/mol. The first kappa shape index (κ1) is 27.0. The maximum atomic E-state index is 13.9. The molecule has 0 radical (unpaired) electrons. The number of halogens is 3. The van der Waals surface area contributed by atoms with Gasteiger partial charge in [0.25, 0.3) is 5.66 Å². The van der Waals surface area contributed by atoms with E-state index >= 15 is 0 Å². The van der Waals surface area contributed by atoms with Crippen LogP contribution in [-0.2, 0) is 5.66 Å². The molecule has 2 amide bonds. The number of carbonyl (C=O) groups excluding carboxylic acids is 1. The summed E-state index contributed by atoms with van der Waals surface area (Å²) in [7, 11) is 1.45. The van der Waals surface area contributed by atoms with Gasteiger partial charge in [0.05, 0.1) is 22.8 Å². The van der Waals surface area contributed by atoms with Gasteiger partial charge in [-0.05, 0) is 60.0 Å². The summed E-state index contributed by atoms with van der Waals surface area (Å²) in [6, 6.07) is 20.2. The molecule has 37 heavy (non-hydrogen) atoms. The molecule has 1 saturated heterocycles. The van der Waals surface area contributed by atoms with Gasteiger partial charge in [-0.25, -0.2) is 4.79 Å². The van der Waals surface area contributed by atoms with Crippen LogP contribution in [0.4, 0.5) is 25.0 Å². The molecule has 3 aromatic carbocycles. The number of urea groups is 1. The Hall–Kier alpha value is -3.08. The maximum Gasteiger partial charge on any atom is 0.326 e. The molecule has 0 aromatic heterocycles. The van der Waals surface area contributed by atoms with Crippen molar-refractivity contribution >= 4 is 38.2 Å². The number of aliphatic hydroxyl groups excluding tert-OH is 1. The summed E-state index contributed by atoms with van der Waals surface area (Å²) in [5.74, 6) is 0. The molecule has 0 bridgehead atoms. The first-order chi connectivity index (χ1) is 17.6. The summed E-state index contributed by atoms with van der Waals surface area (Å²) in [6.07, 6.45) is 0.297. The van der Waals surface area contributed by atoms with Crippen LogP contribution in [0.1, 0.15) is 17.5 Å². The molecule has 1 fully saturated rings. The van der Waals surface area contributed by atoms with E-state index in [0.29, 0.717) is 37.3 Å². The van der Waals surface area contributed by atoms with E-state index in [1.165, 1.54) is 26.3 Å². The number of nitrogens with zero attached hydrogens (tertiary/aromatic N) is 3. The highest BCUT2D eigenvalue weighted by Crippen LogP contribution is 2.40. The Kier molecular flexibility index (Phi) is 8.41. The fourth-order valence-corrected chi connectivity index (χ4v) is 4.83. The SMILES string of the molecule is N#Cc1cccc(-c2ccc(N(CCN3CCC(O)C3)C(=O)Nc3ccc(Cl)c(C(F)(F)P)c3)cc2)c1. The van der Waals surface area contributed by atoms with Crippen molar-refractivity contribution in [3.05, 3.63) is 82.9 Å². The molecule has 192 valence electrons. The number of likely N-dealkylation sites (tertiary alicyclic amines) is 1. The number of rotatable bonds is 7. The van der Waals surface area contributed by atoms with Crippen LogP contribution >= 0.6 is 20.8 Å². The average Bonchev–Trinajstić information content (AvgIpc) is 3.30. The Balaban J connectivity index is 1.58. The molecule has 0 spiro atoms. The number of hydrogen-bond acceptors (Lipinski definition) is 4. The van der Waals surface area contributed by atoms with Gasteiger partial charge < -0.3 is 10.4 Å². The molecule has 0 saturated carbocycles. The highest BCUT2D eigenvalue weighted by molar-refractivity contribution is 7.17. The normalized spacial score (nSPS) is 15.8. The van der Waals surface area contributed by atoms with Crippen molar-refractivity contribution in [1.82, 2.24) is 4.90 Å². The molecule has 3 aromatic rings. The summed E-state index contributed by atoms with van der Waals surface area (Å²) in [4.78, 5) is 17.0. The predicted molar refractivity (Wildman–Crippen MR) is 145 cm³/mol. The number of hydrogen-bond donors (Lipinski definition) is 2. The average molecular weight is 543 g/mol. The molecule has 1 heterocycles. The molecule has 2 atom stereocenters. The molecule has 6 nitrogen and oxygen atoms in total. The Bertz CT molecular complexity index is 1310. The third-order valence-corrected chi connectivity index (χ3v) is 6.85. The lowest BCUT2D eigenvalue weighted by Gasteiger charge is -2.26. The number of amides is 2. The van der Waals surface area contributed by atoms with Crippen molar-refractivity contribution in [2.75, 3.05) is 36.4 Å². The maximum absolute atomic E-state index is 13.9. The molecule has 1 aliphatic heterocycles. The third kappa shape index (κ3) is 6.82. The number of alkyl halides is 2. The van der Waals surface area contributed by atoms with E-state index < -0.39 is 17.3 Å². The molecular formula is C27H26ClF2N4O2P. The van der Waals surface area contributed by atoms with Gasteiger partial charge in [0.2, 0.25) is 0 Å². The van der Waals surface area contributed by atoms with Crippen LogP contribution < -0.4 is 10.2 Å². The van der Waals surface area contributed by atoms with E-state index in [4.69, 9.17) is 11.6 Å². The van der Waals surface area contributed by atoms with Crippen molar-refractivity contribution in [3.8, 4) is 17.2 Å². The van der Waals surface area contributed by atoms with Gasteiger partial charge in [-0.2, -0.15) is 14.0 Å². The highest BCUT2D eigenvalue weighted by atomic mass is 35.5. The van der Waals surface area contributed by atoms with Crippen LogP contribution in [0.25, 0.3) is 11.1 Å². The Labute approximate surface area is 221 Å². The summed E-state index contributed by atoms with van der Waals surface area (Å²) in [6.45, 7) is 2.12. The van der Waals surface area contributed by atoms with Gasteiger partial charge in [0.1, 0.15) is 0 Å². The lowest BCUT2D eigenvalue weighted by molar-refractivity contribution is 0.104. The number of aliphatic hydroxyl groups is 1. The molecule has 2 N–H and O–H groups in total. The number of benzene rings is 3. The van der Waals surface area contributed by atoms with Gasteiger partial charge in [-0.15, -0.1) is 0 Å². The second-order valence-corrected chi connectivity index (χ2v) is 10.0. The minimum atomic E-state index is -3.24. The lowest BCUT2D eigenvalue weighted by Crippen LogP contribution is -2.40. The zero-order valence-electron chi connectivity index (χ0n) is 19.9. The van der Waals surface area contributed by atoms with Crippen LogP contribution in [0, 0.1) is 11.3 Å². The van der Waals surface area contributed by atoms with Gasteiger partial charge in [-0.1, -0.05) is 45.1 Å². The molecule has 0 aliphatic carbocycles. The van der Waals surface area contributed by atoms with E-state index in [-0.39, 0.29) is 16.8 Å². The van der Waals surface area contributed by atoms with Crippen LogP contribution in [0.15, 0.2) is 66.7 Å². The first-order valence-corrected chi connectivity index (χ1v) is 12.7. The number of anilines is 2. The third-order valence-electron chi connectivity index (χ3n) is 6.21. The van der Waals surface area contributed by atoms with Gasteiger partial charge >= 0.3 is 6.03 Å². The van der Waals surface area contributed by atoms with Gasteiger partial charge in [0, 0.05) is 43.1 Å². The van der Waals surface area contributed by atoms with Gasteiger partial charge in [-0.3, -0.25) is 9.80 Å². The number of carbonyl (C=O) groups is 1. The van der Waals surface area contributed by atoms with E-state index in [0.717, 1.165) is 23.7 Å². The van der Waals surface area contributed by atoms with E-state index in [1.54, 1.807) is 24.3 Å². The first-order valence-electron chi connectivity index (χ1n) is 11.7. The fourth-order valence-electron chi connectivity index (χ4n) is 4.26. The summed E-state index contributed by atoms with van der Waals surface area (Å²) < 4.78 is 27.8. The second kappa shape index (κ2) is 11.5. The van der Waals surface area contributed by atoms with Crippen LogP contribution in [0.5, 0.6) is 0 Å². The van der Waals surface area contributed by atoms with E-state index in [9.17, 15) is 23.9 Å². The Morgan fingerprint density at radius 2 is 1.95 bits per heavy atom. The van der Waals surface area contributed by atoms with E-state index in [2.05, 4.69) is 16.3 Å². The van der Waals surface area contributed by atoms with Crippen LogP contribution in [-0.4, -0.2) is 48.3 Å². The lowest BCUT2D eigenvalue weighted by atomic mass is 10.0. The summed E-state index contributed by atoms with van der Waals surface area (Å²) >= 11 is 5.93. The fraction of sp³-hybridized carbons (Fsp3) is 0.259. The van der Waals surface area contributed by atoms with Crippen molar-refractivity contribution in [2.45, 2.75) is 18.2 Å². The minimum absolute atomic E-state index is 0.0986. The van der Waals surface area contributed by atoms with E-state index in [1.807, 2.05) is 24.3 Å². The second-order valence-electron chi connectivity index (χ2n) is 8.88. The minimum Gasteiger partial charge on any atom is -0.392 e. The largest absolute Gasteiger partial charge is 0.392 e. The monoisotopic (exact) mass is 542 g/mol. The Morgan fingerprint density at radius 3 is 2.59 bits per heavy atom. The zero-order valence-corrected chi connectivity index (χ0v) is 21.8. The molecule has 1 aliphatic rings. The Morgan fingerprint density at radius 1 is 1.19 bits per heavy atom. The highest BCUT2D eigenvalue weighted by Gasteiger charge is 2.28. The standard InChI is InChI=1S/C27H26ClF2N4O2P/c28-25-9-6-21(15-24(25)27(29,30)37)32-26(36)34(13-12-33-11-10-23(35)17-33)22-7-4-19(5-8-22)20-3-1-2-18(14-20)16-31/h1-9,14-15,23,35H,10-13,17,37H2,(H,32,36). The zero-order chi connectivity index (χ0) is 26.6. The number of nitrogens with one attached hydrogen (secondary N) is 1. The predicted octanol–water partition coefficient (Wildman–Crippen LogP) is 5.91. The molecule has 10 heteroatoms. The smallest absolute Gasteiger partial charge is 0.326 e. The molecule has 2 unspecified atom stereocenters. The van der Waals surface area contributed by atoms with Gasteiger partial charge in [0.15, 0.2) is 0 Å². The molecule has 4 rings (SSSR count). The summed E-state index contributed by atoms with van der Waals surface area (Å²) in [5.41, 5.74) is -0.533. The number of nitriles is 1. The van der Waals surface area contributed by atoms with Crippen molar-refractivity contribution in [3.63, 3.8) is 0 Å².